The number of piperidine rings is 6. The van der Waals surface area contributed by atoms with Crippen LogP contribution in [0, 0.1) is 48.2 Å². The molecule has 4 aromatic carbocycles. The van der Waals surface area contributed by atoms with E-state index in [2.05, 4.69) is 21.6 Å². The van der Waals surface area contributed by atoms with Crippen LogP contribution in [-0.4, -0.2) is 110 Å². The van der Waals surface area contributed by atoms with Crippen LogP contribution < -0.4 is 9.47 Å². The summed E-state index contributed by atoms with van der Waals surface area (Å²) in [6, 6.07) is 23.7. The fourth-order valence-corrected chi connectivity index (χ4v) is 10.5. The summed E-state index contributed by atoms with van der Waals surface area (Å²) in [5.74, 6) is 6.67. The van der Waals surface area contributed by atoms with Crippen molar-refractivity contribution in [1.82, 2.24) is 19.6 Å². The lowest BCUT2D eigenvalue weighted by Gasteiger charge is -2.45. The van der Waals surface area contributed by atoms with Gasteiger partial charge in [-0.1, -0.05) is 48.2 Å². The highest BCUT2D eigenvalue weighted by Crippen LogP contribution is 2.40. The van der Waals surface area contributed by atoms with Crippen LogP contribution in [0.15, 0.2) is 84.9 Å². The summed E-state index contributed by atoms with van der Waals surface area (Å²) >= 11 is 0. The molecule has 0 aromatic heterocycles. The first-order valence-electron chi connectivity index (χ1n) is 22.5. The number of ether oxygens (including phenoxy) is 4. The Bertz CT molecular complexity index is 2220. The zero-order chi connectivity index (χ0) is 44.2. The van der Waals surface area contributed by atoms with Crippen molar-refractivity contribution >= 4 is 12.2 Å². The fraction of sp³-hybridized carbons (Fsp3) is 0.423. The number of hydrogen-bond donors (Lipinski definition) is 0. The fourth-order valence-electron chi connectivity index (χ4n) is 10.5. The van der Waals surface area contributed by atoms with Gasteiger partial charge in [-0.3, -0.25) is 19.6 Å². The maximum atomic E-state index is 13.6. The number of carbonyl (C=O) groups excluding carboxylic acids is 2. The molecule has 6 saturated heterocycles. The normalized spacial score (nSPS) is 26.2. The summed E-state index contributed by atoms with van der Waals surface area (Å²) in [6.07, 6.45) is 15.6. The van der Waals surface area contributed by atoms with Gasteiger partial charge in [0.1, 0.15) is 48.6 Å². The van der Waals surface area contributed by atoms with Crippen LogP contribution >= 0.6 is 0 Å². The Morgan fingerprint density at radius 3 is 1.30 bits per heavy atom. The lowest BCUT2D eigenvalue weighted by Crippen LogP contribution is -2.53. The van der Waals surface area contributed by atoms with Crippen LogP contribution in [0.3, 0.4) is 0 Å². The van der Waals surface area contributed by atoms with Crippen LogP contribution in [0.2, 0.25) is 0 Å². The van der Waals surface area contributed by atoms with E-state index in [-0.39, 0.29) is 61.3 Å². The van der Waals surface area contributed by atoms with Gasteiger partial charge in [0, 0.05) is 26.2 Å². The molecule has 6 fully saturated rings. The molecule has 0 radical (unpaired) electrons. The van der Waals surface area contributed by atoms with E-state index in [1.807, 2.05) is 36.4 Å². The Hall–Kier alpha value is -6.08. The molecule has 0 aliphatic carbocycles. The second kappa shape index (κ2) is 19.3. The van der Waals surface area contributed by atoms with Crippen LogP contribution in [-0.2, 0) is 22.3 Å². The minimum atomic E-state index is -0.338. The zero-order valence-corrected chi connectivity index (χ0v) is 36.0. The van der Waals surface area contributed by atoms with Crippen LogP contribution in [0.1, 0.15) is 71.1 Å². The lowest BCUT2D eigenvalue weighted by atomic mass is 9.86. The molecular weight excluding hydrogens is 815 g/mol. The molecule has 4 atom stereocenters. The third-order valence-corrected chi connectivity index (χ3v) is 13.9. The van der Waals surface area contributed by atoms with E-state index in [1.54, 1.807) is 34.1 Å². The summed E-state index contributed by atoms with van der Waals surface area (Å²) in [7, 11) is 0. The number of terminal acetylenes is 2. The molecular formula is C52H54F2N4O6. The standard InChI is InChI=1S/2C26H27FN2O3/c2*1-2-15-31-22-7-8-23-20(16-22)11-14-29(25(23)19-3-5-21(27)6-4-19)26(30)32-24-17-28-12-9-18(24)10-13-28/h2*1,3-8,16,18,24-25H,9-15,17H2/t24-,25+;24-,25-/m11/s1. The monoisotopic (exact) mass is 868 g/mol. The van der Waals surface area contributed by atoms with Gasteiger partial charge in [-0.2, -0.15) is 0 Å². The number of rotatable bonds is 8. The van der Waals surface area contributed by atoms with E-state index in [0.29, 0.717) is 49.3 Å². The highest BCUT2D eigenvalue weighted by atomic mass is 19.1. The van der Waals surface area contributed by atoms with Crippen molar-refractivity contribution in [2.24, 2.45) is 11.8 Å². The molecule has 12 heteroatoms. The topological polar surface area (TPSA) is 84.0 Å². The van der Waals surface area contributed by atoms with Crippen LogP contribution in [0.25, 0.3) is 0 Å². The lowest BCUT2D eigenvalue weighted by molar-refractivity contribution is -0.0465. The van der Waals surface area contributed by atoms with E-state index in [1.165, 1.54) is 24.3 Å². The highest BCUT2D eigenvalue weighted by Gasteiger charge is 2.41. The molecule has 64 heavy (non-hydrogen) atoms. The quantitative estimate of drug-likeness (QED) is 0.165. The van der Waals surface area contributed by atoms with E-state index in [0.717, 1.165) is 98.3 Å². The smallest absolute Gasteiger partial charge is 0.410 e. The molecule has 0 unspecified atom stereocenters. The molecule has 4 bridgehead atoms. The van der Waals surface area contributed by atoms with Crippen molar-refractivity contribution in [2.75, 3.05) is 65.6 Å². The molecule has 8 heterocycles. The Balaban J connectivity index is 0.000000162. The molecule has 2 amide bonds. The molecule has 0 saturated carbocycles. The molecule has 0 spiro atoms. The Morgan fingerprint density at radius 2 is 0.953 bits per heavy atom. The summed E-state index contributed by atoms with van der Waals surface area (Å²) in [6.45, 7) is 7.47. The molecule has 12 rings (SSSR count). The molecule has 4 aromatic rings. The number of hydrogen-bond acceptors (Lipinski definition) is 8. The highest BCUT2D eigenvalue weighted by molar-refractivity contribution is 5.71. The van der Waals surface area contributed by atoms with Crippen molar-refractivity contribution < 1.29 is 37.3 Å². The second-order valence-electron chi connectivity index (χ2n) is 17.6. The van der Waals surface area contributed by atoms with Crippen molar-refractivity contribution in [3.63, 3.8) is 0 Å². The number of benzene rings is 4. The molecule has 10 nitrogen and oxygen atoms in total. The average molecular weight is 869 g/mol. The Labute approximate surface area is 374 Å². The van der Waals surface area contributed by atoms with Crippen molar-refractivity contribution in [3.05, 3.63) is 130 Å². The molecule has 8 aliphatic rings. The minimum absolute atomic E-state index is 0.0557. The maximum Gasteiger partial charge on any atom is 0.410 e. The van der Waals surface area contributed by atoms with Gasteiger partial charge >= 0.3 is 12.2 Å². The van der Waals surface area contributed by atoms with Gasteiger partial charge in [0.2, 0.25) is 0 Å². The predicted molar refractivity (Wildman–Crippen MR) is 238 cm³/mol. The van der Waals surface area contributed by atoms with Gasteiger partial charge in [-0.05, 0) is 158 Å². The average Bonchev–Trinajstić information content (AvgIpc) is 3.33. The van der Waals surface area contributed by atoms with E-state index in [9.17, 15) is 18.4 Å². The SMILES string of the molecule is C#CCOc1ccc2c(c1)CCN(C(=O)O[C@@H]1CN3CCC1CC3)[C@@H]2c1ccc(F)cc1.C#CCOc1ccc2c(c1)CCN(C(=O)O[C@@H]1CN3CCC1CC3)[C@H]2c1ccc(F)cc1. The minimum Gasteiger partial charge on any atom is -0.481 e. The van der Waals surface area contributed by atoms with Gasteiger partial charge in [0.05, 0.1) is 12.1 Å². The first kappa shape index (κ1) is 43.2. The van der Waals surface area contributed by atoms with Crippen molar-refractivity contribution in [2.45, 2.75) is 62.8 Å². The summed E-state index contributed by atoms with van der Waals surface area (Å²) in [5, 5.41) is 0. The first-order valence-corrected chi connectivity index (χ1v) is 22.5. The van der Waals surface area contributed by atoms with E-state index < -0.39 is 0 Å². The molecule has 8 aliphatic heterocycles. The van der Waals surface area contributed by atoms with Crippen LogP contribution in [0.4, 0.5) is 18.4 Å². The van der Waals surface area contributed by atoms with Crippen molar-refractivity contribution in [3.8, 4) is 36.2 Å². The predicted octanol–water partition coefficient (Wildman–Crippen LogP) is 8.03. The van der Waals surface area contributed by atoms with Crippen LogP contribution in [0.5, 0.6) is 11.5 Å². The van der Waals surface area contributed by atoms with E-state index in [4.69, 9.17) is 31.8 Å². The number of nitrogens with zero attached hydrogens (tertiary/aromatic N) is 4. The largest absolute Gasteiger partial charge is 0.481 e. The number of fused-ring (bicyclic) bond motifs is 8. The number of amides is 2. The Kier molecular flexibility index (Phi) is 13.1. The van der Waals surface area contributed by atoms with Gasteiger partial charge in [-0.15, -0.1) is 12.8 Å². The van der Waals surface area contributed by atoms with Gasteiger partial charge < -0.3 is 18.9 Å². The van der Waals surface area contributed by atoms with Gasteiger partial charge in [-0.25, -0.2) is 18.4 Å². The summed E-state index contributed by atoms with van der Waals surface area (Å²) < 4.78 is 50.5. The van der Waals surface area contributed by atoms with Crippen molar-refractivity contribution in [1.29, 1.82) is 0 Å². The molecule has 0 N–H and O–H groups in total. The Morgan fingerprint density at radius 1 is 0.562 bits per heavy atom. The third-order valence-electron chi connectivity index (χ3n) is 13.9. The zero-order valence-electron chi connectivity index (χ0n) is 36.0. The first-order chi connectivity index (χ1) is 31.2. The summed E-state index contributed by atoms with van der Waals surface area (Å²) in [4.78, 5) is 35.1. The maximum absolute atomic E-state index is 13.6. The second-order valence-corrected chi connectivity index (χ2v) is 17.6. The summed E-state index contributed by atoms with van der Waals surface area (Å²) in [5.41, 5.74) is 5.91. The number of halogens is 2. The van der Waals surface area contributed by atoms with Gasteiger partial charge in [0.15, 0.2) is 0 Å². The van der Waals surface area contributed by atoms with E-state index >= 15 is 0 Å². The van der Waals surface area contributed by atoms with Gasteiger partial charge in [0.25, 0.3) is 0 Å². The third kappa shape index (κ3) is 9.40. The molecule has 332 valence electrons. The number of carbonyl (C=O) groups is 2.